The van der Waals surface area contributed by atoms with Crippen LogP contribution in [0.15, 0.2) is 5.10 Å². The van der Waals surface area contributed by atoms with E-state index in [-0.39, 0.29) is 5.92 Å². The molecule has 0 aliphatic carbocycles. The minimum absolute atomic E-state index is 0.282. The zero-order chi connectivity index (χ0) is 9.72. The summed E-state index contributed by atoms with van der Waals surface area (Å²) in [6.07, 6.45) is -0.889. The standard InChI is InChI=1S/C7H13FN2.C2H6/c1-5-4-10(3)9-7(5)6(2)8;1-2/h5-6H,4H2,1-3H3;1-2H3. The fourth-order valence-electron chi connectivity index (χ4n) is 1.30. The van der Waals surface area contributed by atoms with Crippen LogP contribution in [0.5, 0.6) is 0 Å². The van der Waals surface area contributed by atoms with Gasteiger partial charge in [0.1, 0.15) is 6.17 Å². The number of nitrogens with zero attached hydrogens (tertiary/aromatic N) is 2. The van der Waals surface area contributed by atoms with Gasteiger partial charge in [-0.05, 0) is 6.92 Å². The molecule has 0 fully saturated rings. The number of hydrogen-bond acceptors (Lipinski definition) is 2. The maximum Gasteiger partial charge on any atom is 0.137 e. The lowest BCUT2D eigenvalue weighted by Gasteiger charge is -2.05. The summed E-state index contributed by atoms with van der Waals surface area (Å²) in [6.45, 7) is 8.39. The predicted molar refractivity (Wildman–Crippen MR) is 51.1 cm³/mol. The Hall–Kier alpha value is -0.600. The van der Waals surface area contributed by atoms with Gasteiger partial charge < -0.3 is 0 Å². The van der Waals surface area contributed by atoms with Crippen LogP contribution in [0, 0.1) is 5.92 Å². The monoisotopic (exact) mass is 174 g/mol. The Morgan fingerprint density at radius 3 is 2.25 bits per heavy atom. The minimum atomic E-state index is -0.889. The Balaban J connectivity index is 0.000000561. The highest BCUT2D eigenvalue weighted by Gasteiger charge is 2.24. The van der Waals surface area contributed by atoms with Gasteiger partial charge >= 0.3 is 0 Å². The third-order valence-corrected chi connectivity index (χ3v) is 1.74. The summed E-state index contributed by atoms with van der Waals surface area (Å²) in [5.74, 6) is 0.282. The molecule has 72 valence electrons. The number of rotatable bonds is 1. The molecule has 0 amide bonds. The van der Waals surface area contributed by atoms with E-state index in [9.17, 15) is 4.39 Å². The third-order valence-electron chi connectivity index (χ3n) is 1.74. The van der Waals surface area contributed by atoms with Crippen molar-refractivity contribution in [3.05, 3.63) is 0 Å². The SMILES string of the molecule is CC.CC(F)C1=NN(C)CC1C. The predicted octanol–water partition coefficient (Wildman–Crippen LogP) is 2.31. The summed E-state index contributed by atoms with van der Waals surface area (Å²) in [4.78, 5) is 0. The molecule has 0 saturated heterocycles. The van der Waals surface area contributed by atoms with Crippen LogP contribution >= 0.6 is 0 Å². The lowest BCUT2D eigenvalue weighted by molar-refractivity contribution is 0.368. The van der Waals surface area contributed by atoms with Crippen molar-refractivity contribution in [1.29, 1.82) is 0 Å². The van der Waals surface area contributed by atoms with Crippen molar-refractivity contribution in [2.24, 2.45) is 11.0 Å². The number of halogens is 1. The maximum atomic E-state index is 12.7. The van der Waals surface area contributed by atoms with E-state index < -0.39 is 6.17 Å². The van der Waals surface area contributed by atoms with Crippen LogP contribution < -0.4 is 0 Å². The molecule has 3 heteroatoms. The molecule has 1 heterocycles. The average molecular weight is 174 g/mol. The molecule has 2 nitrogen and oxygen atoms in total. The largest absolute Gasteiger partial charge is 0.299 e. The Labute approximate surface area is 74.4 Å². The maximum absolute atomic E-state index is 12.7. The van der Waals surface area contributed by atoms with Gasteiger partial charge in [0.2, 0.25) is 0 Å². The van der Waals surface area contributed by atoms with Gasteiger partial charge in [-0.3, -0.25) is 5.01 Å². The summed E-state index contributed by atoms with van der Waals surface area (Å²) in [5, 5.41) is 5.83. The van der Waals surface area contributed by atoms with Crippen molar-refractivity contribution in [2.45, 2.75) is 33.9 Å². The Bertz CT molecular complexity index is 155. The van der Waals surface area contributed by atoms with E-state index in [1.165, 1.54) is 6.92 Å². The quantitative estimate of drug-likeness (QED) is 0.595. The van der Waals surface area contributed by atoms with E-state index in [0.717, 1.165) is 6.54 Å². The van der Waals surface area contributed by atoms with E-state index >= 15 is 0 Å². The first kappa shape index (κ1) is 11.4. The first-order valence-electron chi connectivity index (χ1n) is 4.55. The first-order valence-corrected chi connectivity index (χ1v) is 4.55. The van der Waals surface area contributed by atoms with Crippen molar-refractivity contribution in [2.75, 3.05) is 13.6 Å². The smallest absolute Gasteiger partial charge is 0.137 e. The Morgan fingerprint density at radius 2 is 2.08 bits per heavy atom. The Kier molecular flexibility index (Phi) is 4.86. The summed E-state index contributed by atoms with van der Waals surface area (Å²) < 4.78 is 12.7. The van der Waals surface area contributed by atoms with Crippen molar-refractivity contribution in [3.8, 4) is 0 Å². The molecule has 1 aliphatic heterocycles. The zero-order valence-corrected chi connectivity index (χ0v) is 8.63. The third kappa shape index (κ3) is 2.80. The van der Waals surface area contributed by atoms with Crippen LogP contribution in [-0.2, 0) is 0 Å². The molecule has 0 aromatic heterocycles. The van der Waals surface area contributed by atoms with E-state index in [0.29, 0.717) is 5.71 Å². The summed E-state index contributed by atoms with van der Waals surface area (Å²) in [5.41, 5.74) is 0.683. The van der Waals surface area contributed by atoms with Gasteiger partial charge in [0.25, 0.3) is 0 Å². The van der Waals surface area contributed by atoms with E-state index in [2.05, 4.69) is 5.10 Å². The summed E-state index contributed by atoms with van der Waals surface area (Å²) in [6, 6.07) is 0. The topological polar surface area (TPSA) is 15.6 Å². The highest BCUT2D eigenvalue weighted by molar-refractivity contribution is 5.91. The van der Waals surface area contributed by atoms with Gasteiger partial charge in [-0.15, -0.1) is 0 Å². The normalized spacial score (nSPS) is 24.3. The minimum Gasteiger partial charge on any atom is -0.299 e. The molecule has 2 atom stereocenters. The molecule has 0 aromatic rings. The van der Waals surface area contributed by atoms with E-state index in [4.69, 9.17) is 0 Å². The lowest BCUT2D eigenvalue weighted by atomic mass is 10.0. The highest BCUT2D eigenvalue weighted by atomic mass is 19.1. The molecule has 0 saturated carbocycles. The van der Waals surface area contributed by atoms with E-state index in [1.54, 1.807) is 5.01 Å². The molecular formula is C9H19FN2. The van der Waals surface area contributed by atoms with Gasteiger partial charge in [0.05, 0.1) is 5.71 Å². The molecule has 0 aromatic carbocycles. The zero-order valence-electron chi connectivity index (χ0n) is 8.63. The molecule has 12 heavy (non-hydrogen) atoms. The van der Waals surface area contributed by atoms with Crippen LogP contribution in [0.25, 0.3) is 0 Å². The highest BCUT2D eigenvalue weighted by Crippen LogP contribution is 2.14. The second kappa shape index (κ2) is 5.12. The molecule has 0 N–H and O–H groups in total. The van der Waals surface area contributed by atoms with Gasteiger partial charge in [-0.1, -0.05) is 20.8 Å². The number of hydrogen-bond donors (Lipinski definition) is 0. The molecule has 1 rings (SSSR count). The second-order valence-electron chi connectivity index (χ2n) is 2.88. The summed E-state index contributed by atoms with van der Waals surface area (Å²) >= 11 is 0. The number of alkyl halides is 1. The van der Waals surface area contributed by atoms with E-state index in [1.807, 2.05) is 27.8 Å². The first-order chi connectivity index (χ1) is 5.61. The van der Waals surface area contributed by atoms with Gasteiger partial charge in [-0.25, -0.2) is 4.39 Å². The molecule has 2 unspecified atom stereocenters. The Morgan fingerprint density at radius 1 is 1.58 bits per heavy atom. The van der Waals surface area contributed by atoms with Gasteiger partial charge in [0.15, 0.2) is 0 Å². The lowest BCUT2D eigenvalue weighted by Crippen LogP contribution is -2.19. The van der Waals surface area contributed by atoms with Crippen molar-refractivity contribution >= 4 is 5.71 Å². The molecule has 0 spiro atoms. The van der Waals surface area contributed by atoms with Crippen LogP contribution in [0.2, 0.25) is 0 Å². The second-order valence-corrected chi connectivity index (χ2v) is 2.88. The van der Waals surface area contributed by atoms with Crippen LogP contribution in [0.4, 0.5) is 4.39 Å². The molecular weight excluding hydrogens is 155 g/mol. The van der Waals surface area contributed by atoms with Gasteiger partial charge in [0, 0.05) is 19.5 Å². The van der Waals surface area contributed by atoms with Crippen molar-refractivity contribution in [3.63, 3.8) is 0 Å². The van der Waals surface area contributed by atoms with Crippen LogP contribution in [0.3, 0.4) is 0 Å². The van der Waals surface area contributed by atoms with Crippen LogP contribution in [-0.4, -0.2) is 30.5 Å². The fraction of sp³-hybridized carbons (Fsp3) is 0.889. The summed E-state index contributed by atoms with van der Waals surface area (Å²) in [7, 11) is 1.87. The van der Waals surface area contributed by atoms with Gasteiger partial charge in [-0.2, -0.15) is 5.10 Å². The molecule has 0 bridgehead atoms. The molecule has 0 radical (unpaired) electrons. The average Bonchev–Trinajstić information content (AvgIpc) is 2.34. The molecule has 1 aliphatic rings. The van der Waals surface area contributed by atoms with Crippen LogP contribution in [0.1, 0.15) is 27.7 Å². The fourth-order valence-corrected chi connectivity index (χ4v) is 1.30. The van der Waals surface area contributed by atoms with Crippen molar-refractivity contribution < 1.29 is 4.39 Å². The number of hydrazone groups is 1. The van der Waals surface area contributed by atoms with Crippen molar-refractivity contribution in [1.82, 2.24) is 5.01 Å².